The van der Waals surface area contributed by atoms with E-state index < -0.39 is 52.0 Å². The molecule has 1 heterocycles. The van der Waals surface area contributed by atoms with Gasteiger partial charge in [-0.2, -0.15) is 0 Å². The van der Waals surface area contributed by atoms with Gasteiger partial charge in [-0.15, -0.1) is 11.6 Å². The van der Waals surface area contributed by atoms with Crippen LogP contribution in [0.5, 0.6) is 0 Å². The fourth-order valence-corrected chi connectivity index (χ4v) is 5.11. The quantitative estimate of drug-likeness (QED) is 0.345. The molecule has 7 unspecified atom stereocenters. The van der Waals surface area contributed by atoms with Crippen LogP contribution >= 0.6 is 22.5 Å². The Balaban J connectivity index is 2.91. The molecule has 5 N–H and O–H groups in total. The maximum Gasteiger partial charge on any atom is 0.404 e. The van der Waals surface area contributed by atoms with Crippen molar-refractivity contribution in [1.29, 1.82) is 0 Å². The predicted octanol–water partition coefficient (Wildman–Crippen LogP) is -0.827. The summed E-state index contributed by atoms with van der Waals surface area (Å²) in [6.07, 6.45) is -3.30. The number of nitrogens with two attached hydrogens (primary N) is 1. The topological polar surface area (TPSA) is 113 Å². The van der Waals surface area contributed by atoms with Crippen molar-refractivity contribution in [1.82, 2.24) is 0 Å². The highest BCUT2D eigenvalue weighted by Gasteiger charge is 2.45. The minimum atomic E-state index is -1.26. The highest BCUT2D eigenvalue weighted by Crippen LogP contribution is 2.41. The van der Waals surface area contributed by atoms with E-state index in [4.69, 9.17) is 22.1 Å². The van der Waals surface area contributed by atoms with Crippen LogP contribution in [0.2, 0.25) is 0 Å². The van der Waals surface area contributed by atoms with Gasteiger partial charge in [0.2, 0.25) is 0 Å². The van der Waals surface area contributed by atoms with E-state index in [0.29, 0.717) is 5.75 Å². The fraction of sp³-hybridized carbons (Fsp3) is 0.900. The average molecular weight is 302 g/mol. The van der Waals surface area contributed by atoms with E-state index in [9.17, 15) is 20.1 Å². The summed E-state index contributed by atoms with van der Waals surface area (Å²) in [7, 11) is -0.840. The summed E-state index contributed by atoms with van der Waals surface area (Å²) in [5.74, 6) is 0.362. The number of aliphatic hydroxyl groups is 3. The Kier molecular flexibility index (Phi) is 5.54. The van der Waals surface area contributed by atoms with Crippen LogP contribution in [0.4, 0.5) is 4.79 Å². The molecule has 0 aromatic heterocycles. The van der Waals surface area contributed by atoms with Crippen LogP contribution in [0.25, 0.3) is 0 Å². The van der Waals surface area contributed by atoms with Gasteiger partial charge < -0.3 is 25.8 Å². The minimum Gasteiger partial charge on any atom is -0.444 e. The average Bonchev–Trinajstić information content (AvgIpc) is 2.24. The number of alkyl halides is 1. The SMILES string of the molecule is CC(Cl)C(OC(N)=O)C1C(O)C(O)C(O)C[SH]1C. The number of rotatable bonds is 3. The van der Waals surface area contributed by atoms with E-state index in [0.717, 1.165) is 0 Å². The van der Waals surface area contributed by atoms with Crippen LogP contribution in [0.15, 0.2) is 0 Å². The van der Waals surface area contributed by atoms with Crippen LogP contribution in [0, 0.1) is 0 Å². The second-order valence-electron chi connectivity index (χ2n) is 4.56. The third kappa shape index (κ3) is 3.42. The zero-order valence-corrected chi connectivity index (χ0v) is 11.9. The lowest BCUT2D eigenvalue weighted by Crippen LogP contribution is -2.57. The van der Waals surface area contributed by atoms with Gasteiger partial charge in [-0.1, -0.05) is 0 Å². The summed E-state index contributed by atoms with van der Waals surface area (Å²) in [5, 5.41) is 28.2. The molecule has 8 heteroatoms. The minimum absolute atomic E-state index is 0.362. The van der Waals surface area contributed by atoms with Crippen molar-refractivity contribution in [2.45, 2.75) is 42.0 Å². The normalized spacial score (nSPS) is 42.0. The molecule has 1 amide bonds. The Labute approximate surface area is 113 Å². The second-order valence-corrected chi connectivity index (χ2v) is 7.72. The number of carbonyl (C=O) groups is 1. The van der Waals surface area contributed by atoms with Gasteiger partial charge in [0.15, 0.2) is 0 Å². The van der Waals surface area contributed by atoms with Crippen molar-refractivity contribution < 1.29 is 24.9 Å². The number of primary amides is 1. The van der Waals surface area contributed by atoms with Crippen LogP contribution in [-0.4, -0.2) is 68.5 Å². The van der Waals surface area contributed by atoms with Crippen molar-refractivity contribution in [2.75, 3.05) is 12.0 Å². The molecule has 0 aromatic carbocycles. The monoisotopic (exact) mass is 301 g/mol. The largest absolute Gasteiger partial charge is 0.444 e. The highest BCUT2D eigenvalue weighted by atomic mass is 35.5. The summed E-state index contributed by atoms with van der Waals surface area (Å²) in [4.78, 5) is 10.9. The molecular weight excluding hydrogens is 282 g/mol. The number of halogens is 1. The first kappa shape index (κ1) is 15.8. The summed E-state index contributed by atoms with van der Waals surface area (Å²) in [5.41, 5.74) is 4.98. The zero-order chi connectivity index (χ0) is 14.0. The van der Waals surface area contributed by atoms with Crippen LogP contribution in [-0.2, 0) is 4.74 Å². The first-order chi connectivity index (χ1) is 8.25. The molecule has 1 aliphatic rings. The zero-order valence-electron chi connectivity index (χ0n) is 10.2. The molecule has 0 aromatic rings. The third-order valence-corrected chi connectivity index (χ3v) is 5.94. The van der Waals surface area contributed by atoms with Crippen LogP contribution in [0.1, 0.15) is 6.92 Å². The van der Waals surface area contributed by atoms with Crippen LogP contribution in [0.3, 0.4) is 0 Å². The van der Waals surface area contributed by atoms with E-state index in [1.165, 1.54) is 0 Å². The lowest BCUT2D eigenvalue weighted by molar-refractivity contribution is -0.0691. The maximum atomic E-state index is 10.9. The van der Waals surface area contributed by atoms with Crippen molar-refractivity contribution >= 4 is 28.6 Å². The molecular formula is C10H20ClNO5S. The molecule has 7 atom stereocenters. The molecule has 1 saturated heterocycles. The standard InChI is InChI=1S/C10H20ClNO5S/c1-4(11)8(17-10(12)16)9-7(15)6(14)5(13)3-18(9)2/h4-9,13-15,18H,3H2,1-2H3,(H2,12,16). The van der Waals surface area contributed by atoms with Crippen molar-refractivity contribution in [3.8, 4) is 0 Å². The lowest BCUT2D eigenvalue weighted by Gasteiger charge is -2.45. The van der Waals surface area contributed by atoms with Crippen molar-refractivity contribution in [2.24, 2.45) is 5.73 Å². The van der Waals surface area contributed by atoms with Gasteiger partial charge in [-0.3, -0.25) is 0 Å². The number of carbonyl (C=O) groups excluding carboxylic acids is 1. The molecule has 6 nitrogen and oxygen atoms in total. The summed E-state index contributed by atoms with van der Waals surface area (Å²) >= 11 is 5.96. The number of hydrogen-bond donors (Lipinski definition) is 5. The van der Waals surface area contributed by atoms with Gasteiger partial charge >= 0.3 is 6.09 Å². The molecule has 0 spiro atoms. The lowest BCUT2D eigenvalue weighted by atomic mass is 10.00. The summed E-state index contributed by atoms with van der Waals surface area (Å²) in [6, 6.07) is 0. The summed E-state index contributed by atoms with van der Waals surface area (Å²) < 4.78 is 4.95. The van der Waals surface area contributed by atoms with Gasteiger partial charge in [-0.25, -0.2) is 15.7 Å². The number of thiol groups is 1. The first-order valence-corrected chi connectivity index (χ1v) is 8.08. The van der Waals surface area contributed by atoms with E-state index in [2.05, 4.69) is 0 Å². The molecule has 1 aliphatic heterocycles. The molecule has 0 bridgehead atoms. The number of amides is 1. The maximum absolute atomic E-state index is 10.9. The Bertz CT molecular complexity index is 306. The molecule has 0 aliphatic carbocycles. The number of ether oxygens (including phenoxy) is 1. The predicted molar refractivity (Wildman–Crippen MR) is 71.4 cm³/mol. The number of aliphatic hydroxyl groups excluding tert-OH is 3. The fourth-order valence-electron chi connectivity index (χ4n) is 2.23. The van der Waals surface area contributed by atoms with E-state index in [1.54, 1.807) is 6.92 Å². The summed E-state index contributed by atoms with van der Waals surface area (Å²) in [6.45, 7) is 1.63. The van der Waals surface area contributed by atoms with Gasteiger partial charge in [0.1, 0.15) is 12.2 Å². The van der Waals surface area contributed by atoms with Crippen molar-refractivity contribution in [3.63, 3.8) is 0 Å². The molecule has 0 radical (unpaired) electrons. The van der Waals surface area contributed by atoms with E-state index >= 15 is 0 Å². The Morgan fingerprint density at radius 3 is 2.44 bits per heavy atom. The molecule has 1 rings (SSSR count). The highest BCUT2D eigenvalue weighted by molar-refractivity contribution is 8.17. The smallest absolute Gasteiger partial charge is 0.404 e. The Morgan fingerprint density at radius 1 is 1.44 bits per heavy atom. The Morgan fingerprint density at radius 2 is 2.00 bits per heavy atom. The van der Waals surface area contributed by atoms with E-state index in [-0.39, 0.29) is 0 Å². The molecule has 1 fully saturated rings. The Hall–Kier alpha value is -0.210. The van der Waals surface area contributed by atoms with Crippen molar-refractivity contribution in [3.05, 3.63) is 0 Å². The molecule has 108 valence electrons. The second kappa shape index (κ2) is 6.29. The van der Waals surface area contributed by atoms with Gasteiger partial charge in [0, 0.05) is 5.75 Å². The van der Waals surface area contributed by atoms with Crippen LogP contribution < -0.4 is 5.73 Å². The van der Waals surface area contributed by atoms with Gasteiger partial charge in [0.05, 0.1) is 22.8 Å². The van der Waals surface area contributed by atoms with Gasteiger partial charge in [0.25, 0.3) is 0 Å². The third-order valence-electron chi connectivity index (χ3n) is 3.12. The number of hydrogen-bond acceptors (Lipinski definition) is 5. The molecule has 18 heavy (non-hydrogen) atoms. The molecule has 0 saturated carbocycles. The van der Waals surface area contributed by atoms with Gasteiger partial charge in [-0.05, 0) is 13.2 Å². The van der Waals surface area contributed by atoms with E-state index in [1.807, 2.05) is 6.26 Å². The first-order valence-electron chi connectivity index (χ1n) is 5.60.